The van der Waals surface area contributed by atoms with E-state index in [0.717, 1.165) is 12.8 Å². The Bertz CT molecular complexity index is 728. The molecule has 1 aromatic heterocycles. The molecule has 24 heavy (non-hydrogen) atoms. The molecule has 2 N–H and O–H groups in total. The molecule has 2 atom stereocenters. The van der Waals surface area contributed by atoms with E-state index < -0.39 is 0 Å². The number of piperidine rings is 1. The number of rotatable bonds is 4. The number of Topliss-reactive ketones (excluding diaryl/α,β-unsaturated/α-hetero) is 1. The van der Waals surface area contributed by atoms with Crippen molar-refractivity contribution < 1.29 is 9.59 Å². The van der Waals surface area contributed by atoms with Crippen molar-refractivity contribution in [1.82, 2.24) is 19.9 Å². The van der Waals surface area contributed by atoms with E-state index in [9.17, 15) is 9.59 Å². The number of nitrogens with zero attached hydrogens (tertiary/aromatic N) is 4. The summed E-state index contributed by atoms with van der Waals surface area (Å²) in [5, 5.41) is 8.23. The van der Waals surface area contributed by atoms with Gasteiger partial charge in [-0.15, -0.1) is 0 Å². The van der Waals surface area contributed by atoms with Gasteiger partial charge in [-0.05, 0) is 31.9 Å². The van der Waals surface area contributed by atoms with E-state index in [1.54, 1.807) is 23.4 Å². The normalized spacial score (nSPS) is 20.8. The Labute approximate surface area is 140 Å². The molecule has 7 nitrogen and oxygen atoms in total. The number of hydrogen-bond acceptors (Lipinski definition) is 5. The molecule has 0 saturated carbocycles. The molecule has 3 rings (SSSR count). The summed E-state index contributed by atoms with van der Waals surface area (Å²) < 4.78 is 0. The number of nitrogens with two attached hydrogens (primary N) is 1. The van der Waals surface area contributed by atoms with Gasteiger partial charge in [-0.25, -0.2) is 0 Å². The Balaban J connectivity index is 1.90. The van der Waals surface area contributed by atoms with Crippen molar-refractivity contribution in [2.45, 2.75) is 25.8 Å². The standard InChI is InChI=1S/C17H21N5O2/c1-12-6-7-13(16(23)10-18)11-21(12)17(24)14-4-2-3-5-15(14)22-19-8-9-20-22/h2-5,8-9,12-13H,6-7,10-11,18H2,1H3/t12-,13-/m1/s1. The van der Waals surface area contributed by atoms with E-state index in [1.807, 2.05) is 25.1 Å². The summed E-state index contributed by atoms with van der Waals surface area (Å²) in [5.41, 5.74) is 6.65. The van der Waals surface area contributed by atoms with Crippen LogP contribution in [0.4, 0.5) is 0 Å². The Kier molecular flexibility index (Phi) is 4.71. The predicted molar refractivity (Wildman–Crippen MR) is 88.6 cm³/mol. The Morgan fingerprint density at radius 1 is 1.21 bits per heavy atom. The number of hydrogen-bond donors (Lipinski definition) is 1. The summed E-state index contributed by atoms with van der Waals surface area (Å²) in [4.78, 5) is 28.2. The lowest BCUT2D eigenvalue weighted by atomic mass is 9.89. The number of carbonyl (C=O) groups excluding carboxylic acids is 2. The highest BCUT2D eigenvalue weighted by molar-refractivity contribution is 5.98. The lowest BCUT2D eigenvalue weighted by Crippen LogP contribution is -2.48. The average molecular weight is 327 g/mol. The van der Waals surface area contributed by atoms with E-state index in [-0.39, 0.29) is 30.2 Å². The number of para-hydroxylation sites is 1. The molecule has 0 radical (unpaired) electrons. The van der Waals surface area contributed by atoms with Gasteiger partial charge in [-0.3, -0.25) is 9.59 Å². The minimum atomic E-state index is -0.176. The molecule has 2 aromatic rings. The van der Waals surface area contributed by atoms with Gasteiger partial charge < -0.3 is 10.6 Å². The fourth-order valence-electron chi connectivity index (χ4n) is 3.14. The summed E-state index contributed by atoms with van der Waals surface area (Å²) in [6.45, 7) is 2.45. The highest BCUT2D eigenvalue weighted by Gasteiger charge is 2.33. The van der Waals surface area contributed by atoms with Crippen LogP contribution in [0, 0.1) is 5.92 Å². The van der Waals surface area contributed by atoms with Crippen LogP contribution in [-0.4, -0.2) is 50.7 Å². The fourth-order valence-corrected chi connectivity index (χ4v) is 3.14. The number of aromatic nitrogens is 3. The quantitative estimate of drug-likeness (QED) is 0.905. The predicted octanol–water partition coefficient (Wildman–Crippen LogP) is 1.04. The fraction of sp³-hybridized carbons (Fsp3) is 0.412. The van der Waals surface area contributed by atoms with Crippen LogP contribution in [0.5, 0.6) is 0 Å². The van der Waals surface area contributed by atoms with Crippen molar-refractivity contribution >= 4 is 11.7 Å². The van der Waals surface area contributed by atoms with Crippen LogP contribution in [0.25, 0.3) is 5.69 Å². The maximum absolute atomic E-state index is 13.1. The molecule has 1 amide bonds. The topological polar surface area (TPSA) is 94.1 Å². The van der Waals surface area contributed by atoms with Crippen LogP contribution in [-0.2, 0) is 4.79 Å². The summed E-state index contributed by atoms with van der Waals surface area (Å²) in [5.74, 6) is -0.267. The SMILES string of the molecule is C[C@@H]1CC[C@@H](C(=O)CN)CN1C(=O)c1ccccc1-n1nccn1. The molecule has 2 heterocycles. The van der Waals surface area contributed by atoms with E-state index in [1.165, 1.54) is 4.80 Å². The third kappa shape index (κ3) is 3.07. The van der Waals surface area contributed by atoms with Gasteiger partial charge in [-0.1, -0.05) is 12.1 Å². The first-order valence-electron chi connectivity index (χ1n) is 8.11. The van der Waals surface area contributed by atoms with Gasteiger partial charge in [0.1, 0.15) is 0 Å². The van der Waals surface area contributed by atoms with Crippen molar-refractivity contribution in [3.8, 4) is 5.69 Å². The van der Waals surface area contributed by atoms with Crippen LogP contribution >= 0.6 is 0 Å². The van der Waals surface area contributed by atoms with E-state index >= 15 is 0 Å². The Hall–Kier alpha value is -2.54. The van der Waals surface area contributed by atoms with E-state index in [4.69, 9.17) is 5.73 Å². The first-order valence-corrected chi connectivity index (χ1v) is 8.11. The molecule has 1 aromatic carbocycles. The number of amides is 1. The number of benzene rings is 1. The van der Waals surface area contributed by atoms with Gasteiger partial charge in [0.15, 0.2) is 5.78 Å². The molecule has 1 aliphatic rings. The van der Waals surface area contributed by atoms with Crippen LogP contribution in [0.15, 0.2) is 36.7 Å². The second kappa shape index (κ2) is 6.92. The molecule has 1 aliphatic heterocycles. The zero-order valence-electron chi connectivity index (χ0n) is 13.6. The maximum atomic E-state index is 13.1. The molecular formula is C17H21N5O2. The van der Waals surface area contributed by atoms with Crippen LogP contribution < -0.4 is 5.73 Å². The minimum Gasteiger partial charge on any atom is -0.335 e. The minimum absolute atomic E-state index is 0.0155. The zero-order chi connectivity index (χ0) is 17.1. The summed E-state index contributed by atoms with van der Waals surface area (Å²) in [7, 11) is 0. The first-order chi connectivity index (χ1) is 11.6. The summed E-state index contributed by atoms with van der Waals surface area (Å²) >= 11 is 0. The third-order valence-corrected chi connectivity index (χ3v) is 4.57. The second-order valence-corrected chi connectivity index (χ2v) is 6.09. The van der Waals surface area contributed by atoms with Crippen molar-refractivity contribution in [3.63, 3.8) is 0 Å². The highest BCUT2D eigenvalue weighted by atomic mass is 16.2. The molecule has 1 saturated heterocycles. The Morgan fingerprint density at radius 3 is 2.62 bits per heavy atom. The van der Waals surface area contributed by atoms with Crippen molar-refractivity contribution in [1.29, 1.82) is 0 Å². The third-order valence-electron chi connectivity index (χ3n) is 4.57. The van der Waals surface area contributed by atoms with E-state index in [2.05, 4.69) is 10.2 Å². The first kappa shape index (κ1) is 16.3. The summed E-state index contributed by atoms with van der Waals surface area (Å²) in [6.07, 6.45) is 4.72. The van der Waals surface area contributed by atoms with Crippen LogP contribution in [0.3, 0.4) is 0 Å². The molecule has 1 fully saturated rings. The molecule has 0 aliphatic carbocycles. The van der Waals surface area contributed by atoms with Gasteiger partial charge in [0, 0.05) is 18.5 Å². The molecule has 0 bridgehead atoms. The average Bonchev–Trinajstić information content (AvgIpc) is 3.15. The monoisotopic (exact) mass is 327 g/mol. The maximum Gasteiger partial charge on any atom is 0.256 e. The van der Waals surface area contributed by atoms with Gasteiger partial charge >= 0.3 is 0 Å². The van der Waals surface area contributed by atoms with Gasteiger partial charge in [0.25, 0.3) is 5.91 Å². The van der Waals surface area contributed by atoms with Crippen molar-refractivity contribution in [2.75, 3.05) is 13.1 Å². The van der Waals surface area contributed by atoms with Crippen LogP contribution in [0.2, 0.25) is 0 Å². The van der Waals surface area contributed by atoms with Gasteiger partial charge in [-0.2, -0.15) is 15.0 Å². The van der Waals surface area contributed by atoms with Crippen molar-refractivity contribution in [3.05, 3.63) is 42.2 Å². The van der Waals surface area contributed by atoms with Gasteiger partial charge in [0.2, 0.25) is 0 Å². The lowest BCUT2D eigenvalue weighted by Gasteiger charge is -2.37. The molecule has 7 heteroatoms. The molecular weight excluding hydrogens is 306 g/mol. The number of likely N-dealkylation sites (tertiary alicyclic amines) is 1. The number of carbonyl (C=O) groups is 2. The second-order valence-electron chi connectivity index (χ2n) is 6.09. The largest absolute Gasteiger partial charge is 0.335 e. The molecule has 0 unspecified atom stereocenters. The number of ketones is 1. The highest BCUT2D eigenvalue weighted by Crippen LogP contribution is 2.25. The van der Waals surface area contributed by atoms with E-state index in [0.29, 0.717) is 17.8 Å². The van der Waals surface area contributed by atoms with Crippen LogP contribution in [0.1, 0.15) is 30.1 Å². The molecule has 0 spiro atoms. The van der Waals surface area contributed by atoms with Crippen molar-refractivity contribution in [2.24, 2.45) is 11.7 Å². The smallest absolute Gasteiger partial charge is 0.256 e. The molecule has 126 valence electrons. The lowest BCUT2D eigenvalue weighted by molar-refractivity contribution is -0.123. The summed E-state index contributed by atoms with van der Waals surface area (Å²) in [6, 6.07) is 7.32. The Morgan fingerprint density at radius 2 is 1.92 bits per heavy atom. The van der Waals surface area contributed by atoms with Gasteiger partial charge in [0.05, 0.1) is 30.2 Å². The zero-order valence-corrected chi connectivity index (χ0v) is 13.6.